The summed E-state index contributed by atoms with van der Waals surface area (Å²) in [6.45, 7) is 2.01. The maximum atomic E-state index is 13.5. The molecule has 0 aromatic heterocycles. The van der Waals surface area contributed by atoms with Gasteiger partial charge in [-0.3, -0.25) is 0 Å². The average molecular weight is 290 g/mol. The van der Waals surface area contributed by atoms with Crippen molar-refractivity contribution in [3.63, 3.8) is 0 Å². The van der Waals surface area contributed by atoms with Crippen molar-refractivity contribution >= 4 is 15.9 Å². The van der Waals surface area contributed by atoms with Gasteiger partial charge in [0.05, 0.1) is 6.10 Å². The summed E-state index contributed by atoms with van der Waals surface area (Å²) in [6, 6.07) is 4.70. The van der Waals surface area contributed by atoms with Crippen molar-refractivity contribution in [2.45, 2.75) is 31.9 Å². The maximum Gasteiger partial charge on any atom is 0.126 e. The van der Waals surface area contributed by atoms with Gasteiger partial charge in [-0.05, 0) is 36.6 Å². The van der Waals surface area contributed by atoms with Gasteiger partial charge in [0.25, 0.3) is 0 Å². The van der Waals surface area contributed by atoms with Gasteiger partial charge < -0.3 is 10.5 Å². The highest BCUT2D eigenvalue weighted by atomic mass is 79.9. The van der Waals surface area contributed by atoms with Crippen LogP contribution in [0.4, 0.5) is 4.39 Å². The molecular formula is C12H17BrFNO. The lowest BCUT2D eigenvalue weighted by molar-refractivity contribution is 0.0771. The Morgan fingerprint density at radius 3 is 2.75 bits per heavy atom. The topological polar surface area (TPSA) is 35.2 Å². The summed E-state index contributed by atoms with van der Waals surface area (Å²) in [4.78, 5) is 0. The second kappa shape index (κ2) is 6.33. The first-order valence-electron chi connectivity index (χ1n) is 5.30. The van der Waals surface area contributed by atoms with Crippen LogP contribution in [0.15, 0.2) is 22.7 Å². The Balaban J connectivity index is 2.75. The van der Waals surface area contributed by atoms with E-state index in [0.717, 1.165) is 10.9 Å². The summed E-state index contributed by atoms with van der Waals surface area (Å²) in [5, 5.41) is 0. The third-order valence-corrected chi connectivity index (χ3v) is 3.14. The van der Waals surface area contributed by atoms with Crippen molar-refractivity contribution in [3.05, 3.63) is 34.1 Å². The molecule has 0 bridgehead atoms. The fourth-order valence-corrected chi connectivity index (χ4v) is 2.14. The van der Waals surface area contributed by atoms with E-state index in [9.17, 15) is 4.39 Å². The van der Waals surface area contributed by atoms with Crippen molar-refractivity contribution in [1.29, 1.82) is 0 Å². The minimum Gasteiger partial charge on any atom is -0.380 e. The van der Waals surface area contributed by atoms with E-state index < -0.39 is 0 Å². The summed E-state index contributed by atoms with van der Waals surface area (Å²) in [7, 11) is 1.63. The maximum absolute atomic E-state index is 13.5. The Bertz CT molecular complexity index is 342. The molecule has 1 aromatic carbocycles. The van der Waals surface area contributed by atoms with E-state index in [1.165, 1.54) is 6.07 Å². The molecule has 0 saturated carbocycles. The molecular weight excluding hydrogens is 273 g/mol. The molecule has 2 N–H and O–H groups in total. The van der Waals surface area contributed by atoms with Crippen LogP contribution in [0.25, 0.3) is 0 Å². The lowest BCUT2D eigenvalue weighted by Crippen LogP contribution is -2.37. The summed E-state index contributed by atoms with van der Waals surface area (Å²) in [5.41, 5.74) is 6.61. The van der Waals surface area contributed by atoms with Crippen LogP contribution in [-0.4, -0.2) is 19.3 Å². The zero-order chi connectivity index (χ0) is 12.1. The molecule has 1 aromatic rings. The minimum atomic E-state index is -0.218. The van der Waals surface area contributed by atoms with Gasteiger partial charge in [0.2, 0.25) is 0 Å². The Hall–Kier alpha value is -0.450. The number of hydrogen-bond donors (Lipinski definition) is 1. The molecule has 90 valence electrons. The third-order valence-electron chi connectivity index (χ3n) is 2.65. The molecule has 1 rings (SSSR count). The number of ether oxygens (including phenoxy) is 1. The first-order chi connectivity index (χ1) is 7.58. The molecule has 2 atom stereocenters. The Kier molecular flexibility index (Phi) is 5.38. The van der Waals surface area contributed by atoms with Gasteiger partial charge >= 0.3 is 0 Å². The predicted molar refractivity (Wildman–Crippen MR) is 66.9 cm³/mol. The van der Waals surface area contributed by atoms with Crippen LogP contribution in [0, 0.1) is 5.82 Å². The summed E-state index contributed by atoms with van der Waals surface area (Å²) in [5.74, 6) is -0.218. The second-order valence-electron chi connectivity index (χ2n) is 3.79. The first-order valence-corrected chi connectivity index (χ1v) is 6.10. The Morgan fingerprint density at radius 1 is 1.50 bits per heavy atom. The van der Waals surface area contributed by atoms with Crippen molar-refractivity contribution in [3.8, 4) is 0 Å². The van der Waals surface area contributed by atoms with Crippen LogP contribution >= 0.6 is 15.9 Å². The SMILES string of the molecule is CCC(OC)C(N)Cc1cc(Br)ccc1F. The molecule has 0 fully saturated rings. The van der Waals surface area contributed by atoms with E-state index in [1.807, 2.05) is 6.92 Å². The zero-order valence-electron chi connectivity index (χ0n) is 9.54. The van der Waals surface area contributed by atoms with E-state index in [0.29, 0.717) is 12.0 Å². The zero-order valence-corrected chi connectivity index (χ0v) is 11.1. The average Bonchev–Trinajstić information content (AvgIpc) is 2.25. The molecule has 0 spiro atoms. The van der Waals surface area contributed by atoms with Crippen LogP contribution in [0.1, 0.15) is 18.9 Å². The fourth-order valence-electron chi connectivity index (χ4n) is 1.73. The second-order valence-corrected chi connectivity index (χ2v) is 4.70. The van der Waals surface area contributed by atoms with Gasteiger partial charge in [-0.2, -0.15) is 0 Å². The molecule has 16 heavy (non-hydrogen) atoms. The van der Waals surface area contributed by atoms with Gasteiger partial charge in [-0.1, -0.05) is 22.9 Å². The van der Waals surface area contributed by atoms with Crippen molar-refractivity contribution in [1.82, 2.24) is 0 Å². The number of rotatable bonds is 5. The number of hydrogen-bond acceptors (Lipinski definition) is 2. The molecule has 0 radical (unpaired) electrons. The lowest BCUT2D eigenvalue weighted by Gasteiger charge is -2.21. The van der Waals surface area contributed by atoms with Crippen LogP contribution in [0.2, 0.25) is 0 Å². The normalized spacial score (nSPS) is 14.8. The summed E-state index contributed by atoms with van der Waals surface area (Å²) < 4.78 is 19.6. The van der Waals surface area contributed by atoms with Crippen LogP contribution < -0.4 is 5.73 Å². The molecule has 4 heteroatoms. The van der Waals surface area contributed by atoms with E-state index in [2.05, 4.69) is 15.9 Å². The highest BCUT2D eigenvalue weighted by molar-refractivity contribution is 9.10. The highest BCUT2D eigenvalue weighted by Crippen LogP contribution is 2.18. The predicted octanol–water partition coefficient (Wildman–Crippen LogP) is 2.88. The van der Waals surface area contributed by atoms with Crippen molar-refractivity contribution in [2.24, 2.45) is 5.73 Å². The summed E-state index contributed by atoms with van der Waals surface area (Å²) in [6.07, 6.45) is 1.28. The lowest BCUT2D eigenvalue weighted by atomic mass is 10.0. The number of halogens is 2. The van der Waals surface area contributed by atoms with E-state index >= 15 is 0 Å². The van der Waals surface area contributed by atoms with Gasteiger partial charge in [0.15, 0.2) is 0 Å². The number of benzene rings is 1. The van der Waals surface area contributed by atoms with Gasteiger partial charge in [0.1, 0.15) is 5.82 Å². The molecule has 0 heterocycles. The minimum absolute atomic E-state index is 0.0293. The first kappa shape index (κ1) is 13.6. The molecule has 0 aliphatic rings. The van der Waals surface area contributed by atoms with Gasteiger partial charge in [-0.15, -0.1) is 0 Å². The van der Waals surface area contributed by atoms with E-state index in [-0.39, 0.29) is 18.0 Å². The highest BCUT2D eigenvalue weighted by Gasteiger charge is 2.17. The van der Waals surface area contributed by atoms with Crippen LogP contribution in [0.5, 0.6) is 0 Å². The standard InChI is InChI=1S/C12H17BrFNO/c1-3-12(16-2)11(15)7-8-6-9(13)4-5-10(8)14/h4-6,11-12H,3,7,15H2,1-2H3. The quantitative estimate of drug-likeness (QED) is 0.905. The monoisotopic (exact) mass is 289 g/mol. The molecule has 0 amide bonds. The van der Waals surface area contributed by atoms with Crippen LogP contribution in [-0.2, 0) is 11.2 Å². The smallest absolute Gasteiger partial charge is 0.126 e. The molecule has 2 nitrogen and oxygen atoms in total. The fraction of sp³-hybridized carbons (Fsp3) is 0.500. The van der Waals surface area contributed by atoms with Gasteiger partial charge in [0, 0.05) is 17.6 Å². The van der Waals surface area contributed by atoms with Gasteiger partial charge in [-0.25, -0.2) is 4.39 Å². The van der Waals surface area contributed by atoms with Crippen molar-refractivity contribution < 1.29 is 9.13 Å². The number of methoxy groups -OCH3 is 1. The Labute approximate surface area is 104 Å². The third kappa shape index (κ3) is 3.54. The molecule has 0 aliphatic carbocycles. The summed E-state index contributed by atoms with van der Waals surface area (Å²) >= 11 is 3.32. The van der Waals surface area contributed by atoms with E-state index in [1.54, 1.807) is 19.2 Å². The molecule has 2 unspecified atom stereocenters. The molecule has 0 saturated heterocycles. The van der Waals surface area contributed by atoms with Crippen LogP contribution in [0.3, 0.4) is 0 Å². The van der Waals surface area contributed by atoms with E-state index in [4.69, 9.17) is 10.5 Å². The molecule has 0 aliphatic heterocycles. The number of nitrogens with two attached hydrogens (primary N) is 1. The van der Waals surface area contributed by atoms with Crippen molar-refractivity contribution in [2.75, 3.05) is 7.11 Å². The Morgan fingerprint density at radius 2 is 2.19 bits per heavy atom. The largest absolute Gasteiger partial charge is 0.380 e.